The van der Waals surface area contributed by atoms with Crippen molar-refractivity contribution in [2.45, 2.75) is 0 Å². The van der Waals surface area contributed by atoms with Crippen LogP contribution in [0.2, 0.25) is 0 Å². The fourth-order valence-corrected chi connectivity index (χ4v) is 3.51. The van der Waals surface area contributed by atoms with Crippen LogP contribution in [0.25, 0.3) is 38.3 Å². The molecule has 0 aliphatic carbocycles. The number of aromatic nitrogens is 1. The van der Waals surface area contributed by atoms with Crippen molar-refractivity contribution >= 4 is 32.6 Å². The normalized spacial score (nSPS) is 11.5. The molecule has 0 amide bonds. The lowest BCUT2D eigenvalue weighted by molar-refractivity contribution is 1.18. The summed E-state index contributed by atoms with van der Waals surface area (Å²) in [4.78, 5) is 0. The monoisotopic (exact) mass is 292 g/mol. The molecule has 5 rings (SSSR count). The molecule has 0 spiro atoms. The molecule has 1 radical (unpaired) electrons. The predicted molar refractivity (Wildman–Crippen MR) is 97.1 cm³/mol. The number of hydrogen-bond donors (Lipinski definition) is 0. The van der Waals surface area contributed by atoms with E-state index in [1.165, 1.54) is 32.7 Å². The van der Waals surface area contributed by atoms with Crippen molar-refractivity contribution in [3.8, 4) is 5.69 Å². The SMILES string of the molecule is [c]1cccc2c3c4ccccc4ccc3n(-c3ccccc3)c12. The fourth-order valence-electron chi connectivity index (χ4n) is 3.51. The van der Waals surface area contributed by atoms with Gasteiger partial charge in [0.2, 0.25) is 0 Å². The Morgan fingerprint density at radius 2 is 1.43 bits per heavy atom. The lowest BCUT2D eigenvalue weighted by Gasteiger charge is -2.07. The minimum absolute atomic E-state index is 1.13. The highest BCUT2D eigenvalue weighted by molar-refractivity contribution is 6.21. The highest BCUT2D eigenvalue weighted by atomic mass is 15.0. The molecule has 107 valence electrons. The van der Waals surface area contributed by atoms with Gasteiger partial charge in [0.25, 0.3) is 0 Å². The van der Waals surface area contributed by atoms with Crippen molar-refractivity contribution in [1.82, 2.24) is 4.57 Å². The molecule has 4 aromatic carbocycles. The van der Waals surface area contributed by atoms with Crippen LogP contribution >= 0.6 is 0 Å². The maximum atomic E-state index is 3.43. The molecule has 0 bridgehead atoms. The molecule has 1 heteroatoms. The largest absolute Gasteiger partial charge is 0.309 e. The summed E-state index contributed by atoms with van der Waals surface area (Å²) in [6.07, 6.45) is 0. The zero-order valence-electron chi connectivity index (χ0n) is 12.5. The van der Waals surface area contributed by atoms with E-state index >= 15 is 0 Å². The van der Waals surface area contributed by atoms with E-state index in [-0.39, 0.29) is 0 Å². The second-order valence-electron chi connectivity index (χ2n) is 5.78. The van der Waals surface area contributed by atoms with Crippen LogP contribution < -0.4 is 0 Å². The van der Waals surface area contributed by atoms with Gasteiger partial charge in [0.1, 0.15) is 0 Å². The van der Waals surface area contributed by atoms with Crippen LogP contribution in [0, 0.1) is 6.07 Å². The molecular weight excluding hydrogens is 278 g/mol. The Kier molecular flexibility index (Phi) is 2.56. The van der Waals surface area contributed by atoms with Gasteiger partial charge in [-0.2, -0.15) is 0 Å². The van der Waals surface area contributed by atoms with Gasteiger partial charge in [-0.3, -0.25) is 0 Å². The number of nitrogens with zero attached hydrogens (tertiary/aromatic N) is 1. The molecule has 0 aliphatic heterocycles. The van der Waals surface area contributed by atoms with E-state index in [1.807, 2.05) is 6.07 Å². The van der Waals surface area contributed by atoms with Gasteiger partial charge in [0.15, 0.2) is 0 Å². The standard InChI is InChI=1S/C22H14N/c1-2-9-17(10-3-1)23-20-13-7-6-12-19(20)22-18-11-5-4-8-16(18)14-15-21(22)23/h1-12,14-15H. The number of fused-ring (bicyclic) bond motifs is 5. The van der Waals surface area contributed by atoms with Gasteiger partial charge < -0.3 is 4.57 Å². The Morgan fingerprint density at radius 1 is 0.652 bits per heavy atom. The summed E-state index contributed by atoms with van der Waals surface area (Å²) in [6.45, 7) is 0. The molecule has 5 aromatic rings. The van der Waals surface area contributed by atoms with Crippen LogP contribution in [0.4, 0.5) is 0 Å². The summed E-state index contributed by atoms with van der Waals surface area (Å²) >= 11 is 0. The van der Waals surface area contributed by atoms with Gasteiger partial charge in [0, 0.05) is 22.5 Å². The van der Waals surface area contributed by atoms with Gasteiger partial charge in [0.05, 0.1) is 11.0 Å². The highest BCUT2D eigenvalue weighted by Crippen LogP contribution is 2.36. The molecule has 0 unspecified atom stereocenters. The van der Waals surface area contributed by atoms with Crippen LogP contribution in [0.3, 0.4) is 0 Å². The van der Waals surface area contributed by atoms with Gasteiger partial charge in [-0.25, -0.2) is 0 Å². The topological polar surface area (TPSA) is 4.93 Å². The van der Waals surface area contributed by atoms with E-state index in [9.17, 15) is 0 Å². The van der Waals surface area contributed by atoms with Crippen molar-refractivity contribution in [2.24, 2.45) is 0 Å². The summed E-state index contributed by atoms with van der Waals surface area (Å²) in [5.41, 5.74) is 3.53. The van der Waals surface area contributed by atoms with Crippen LogP contribution in [0.15, 0.2) is 84.9 Å². The molecular formula is C22H14N. The van der Waals surface area contributed by atoms with Crippen molar-refractivity contribution in [3.63, 3.8) is 0 Å². The third-order valence-corrected chi connectivity index (χ3v) is 4.49. The first-order valence-electron chi connectivity index (χ1n) is 7.81. The van der Waals surface area contributed by atoms with Crippen molar-refractivity contribution < 1.29 is 0 Å². The Labute approximate surface area is 134 Å². The fraction of sp³-hybridized carbons (Fsp3) is 0. The van der Waals surface area contributed by atoms with Gasteiger partial charge in [-0.15, -0.1) is 0 Å². The number of hydrogen-bond acceptors (Lipinski definition) is 0. The Balaban J connectivity index is 2.07. The minimum Gasteiger partial charge on any atom is -0.309 e. The van der Waals surface area contributed by atoms with Crippen LogP contribution in [-0.4, -0.2) is 4.57 Å². The lowest BCUT2D eigenvalue weighted by atomic mass is 10.0. The summed E-state index contributed by atoms with van der Waals surface area (Å²) < 4.78 is 2.30. The zero-order valence-corrected chi connectivity index (χ0v) is 12.5. The number of benzene rings is 4. The van der Waals surface area contributed by atoms with E-state index < -0.39 is 0 Å². The third-order valence-electron chi connectivity index (χ3n) is 4.49. The van der Waals surface area contributed by atoms with E-state index in [4.69, 9.17) is 0 Å². The zero-order chi connectivity index (χ0) is 15.2. The summed E-state index contributed by atoms with van der Waals surface area (Å²) in [5, 5.41) is 5.13. The Hall–Kier alpha value is -3.06. The maximum Gasteiger partial charge on any atom is 0.0620 e. The molecule has 0 atom stereocenters. The van der Waals surface area contributed by atoms with E-state index in [2.05, 4.69) is 89.5 Å². The average molecular weight is 292 g/mol. The van der Waals surface area contributed by atoms with Gasteiger partial charge in [-0.1, -0.05) is 66.7 Å². The van der Waals surface area contributed by atoms with E-state index in [1.54, 1.807) is 0 Å². The minimum atomic E-state index is 1.13. The lowest BCUT2D eigenvalue weighted by Crippen LogP contribution is -1.92. The van der Waals surface area contributed by atoms with Crippen molar-refractivity contribution in [1.29, 1.82) is 0 Å². The van der Waals surface area contributed by atoms with E-state index in [0.29, 0.717) is 0 Å². The quantitative estimate of drug-likeness (QED) is 0.371. The molecule has 1 heterocycles. The summed E-state index contributed by atoms with van der Waals surface area (Å²) in [6, 6.07) is 33.2. The molecule has 23 heavy (non-hydrogen) atoms. The molecule has 0 saturated heterocycles. The molecule has 0 fully saturated rings. The van der Waals surface area contributed by atoms with Gasteiger partial charge in [-0.05, 0) is 29.0 Å². The maximum absolute atomic E-state index is 3.43. The molecule has 1 nitrogen and oxygen atoms in total. The smallest absolute Gasteiger partial charge is 0.0620 e. The highest BCUT2D eigenvalue weighted by Gasteiger charge is 2.13. The first-order valence-corrected chi connectivity index (χ1v) is 7.81. The first kappa shape index (κ1) is 12.5. The number of para-hydroxylation sites is 2. The van der Waals surface area contributed by atoms with Crippen molar-refractivity contribution in [3.05, 3.63) is 91.0 Å². The Morgan fingerprint density at radius 3 is 2.35 bits per heavy atom. The Bertz CT molecular complexity index is 1150. The summed E-state index contributed by atoms with van der Waals surface area (Å²) in [5.74, 6) is 0. The number of rotatable bonds is 1. The average Bonchev–Trinajstić information content (AvgIpc) is 2.97. The van der Waals surface area contributed by atoms with Crippen LogP contribution in [0.1, 0.15) is 0 Å². The van der Waals surface area contributed by atoms with E-state index in [0.717, 1.165) is 5.52 Å². The second kappa shape index (κ2) is 4.72. The molecule has 0 N–H and O–H groups in total. The van der Waals surface area contributed by atoms with Crippen molar-refractivity contribution in [2.75, 3.05) is 0 Å². The van der Waals surface area contributed by atoms with Gasteiger partial charge >= 0.3 is 0 Å². The third kappa shape index (κ3) is 1.74. The van der Waals surface area contributed by atoms with Crippen LogP contribution in [0.5, 0.6) is 0 Å². The second-order valence-corrected chi connectivity index (χ2v) is 5.78. The first-order chi connectivity index (χ1) is 11.4. The molecule has 0 saturated carbocycles. The molecule has 0 aliphatic rings. The molecule has 1 aromatic heterocycles. The summed E-state index contributed by atoms with van der Waals surface area (Å²) in [7, 11) is 0. The van der Waals surface area contributed by atoms with Crippen LogP contribution in [-0.2, 0) is 0 Å². The predicted octanol–water partition coefficient (Wildman–Crippen LogP) is 5.74.